The summed E-state index contributed by atoms with van der Waals surface area (Å²) in [5.74, 6) is 0.566. The predicted molar refractivity (Wildman–Crippen MR) is 77.6 cm³/mol. The molecule has 0 aliphatic rings. The van der Waals surface area contributed by atoms with Gasteiger partial charge in [-0.25, -0.2) is 0 Å². The number of methoxy groups -OCH3 is 1. The van der Waals surface area contributed by atoms with E-state index in [-0.39, 0.29) is 9.96 Å². The Kier molecular flexibility index (Phi) is 4.17. The van der Waals surface area contributed by atoms with E-state index in [1.54, 1.807) is 24.3 Å². The predicted octanol–water partition coefficient (Wildman–Crippen LogP) is 3.60. The van der Waals surface area contributed by atoms with Gasteiger partial charge in [0, 0.05) is 0 Å². The highest BCUT2D eigenvalue weighted by Crippen LogP contribution is 2.33. The van der Waals surface area contributed by atoms with Gasteiger partial charge in [0.15, 0.2) is 15.7 Å². The largest absolute Gasteiger partial charge is 0.493 e. The van der Waals surface area contributed by atoms with E-state index in [4.69, 9.17) is 8.92 Å². The zero-order chi connectivity index (χ0) is 14.0. The van der Waals surface area contributed by atoms with Gasteiger partial charge < -0.3 is 8.92 Å². The monoisotopic (exact) mass is 362 g/mol. The lowest BCUT2D eigenvalue weighted by Crippen LogP contribution is -2.08. The molecule has 0 fully saturated rings. The summed E-state index contributed by atoms with van der Waals surface area (Å²) in [6.45, 7) is 1.89. The average Bonchev–Trinajstić information content (AvgIpc) is 2.79. The van der Waals surface area contributed by atoms with Crippen LogP contribution < -0.4 is 8.92 Å². The molecule has 0 unspecified atom stereocenters. The molecule has 1 aromatic carbocycles. The van der Waals surface area contributed by atoms with Gasteiger partial charge >= 0.3 is 10.1 Å². The summed E-state index contributed by atoms with van der Waals surface area (Å²) in [5.41, 5.74) is 0.959. The van der Waals surface area contributed by atoms with Gasteiger partial charge in [0.25, 0.3) is 0 Å². The maximum absolute atomic E-state index is 12.1. The number of thiophene rings is 1. The van der Waals surface area contributed by atoms with Gasteiger partial charge in [0.05, 0.1) is 10.9 Å². The first kappa shape index (κ1) is 14.4. The second-order valence-electron chi connectivity index (χ2n) is 3.75. The molecule has 19 heavy (non-hydrogen) atoms. The molecule has 0 spiro atoms. The quantitative estimate of drug-likeness (QED) is 0.779. The van der Waals surface area contributed by atoms with Crippen molar-refractivity contribution in [3.05, 3.63) is 39.7 Å². The summed E-state index contributed by atoms with van der Waals surface area (Å²) in [6, 6.07) is 8.21. The SMILES string of the molecule is COc1cc(C)ccc1OS(=O)(=O)c1ccc(Br)s1. The van der Waals surface area contributed by atoms with Crippen molar-refractivity contribution in [1.29, 1.82) is 0 Å². The molecule has 1 aromatic heterocycles. The highest BCUT2D eigenvalue weighted by Gasteiger charge is 2.21. The van der Waals surface area contributed by atoms with Crippen molar-refractivity contribution in [3.63, 3.8) is 0 Å². The zero-order valence-corrected chi connectivity index (χ0v) is 13.4. The lowest BCUT2D eigenvalue weighted by atomic mass is 10.2. The minimum atomic E-state index is -3.83. The Morgan fingerprint density at radius 3 is 2.47 bits per heavy atom. The van der Waals surface area contributed by atoms with Gasteiger partial charge in [-0.1, -0.05) is 6.07 Å². The third-order valence-electron chi connectivity index (χ3n) is 2.31. The van der Waals surface area contributed by atoms with Crippen LogP contribution in [0.5, 0.6) is 11.5 Å². The van der Waals surface area contributed by atoms with Crippen LogP contribution in [0, 0.1) is 6.92 Å². The molecule has 7 heteroatoms. The van der Waals surface area contributed by atoms with E-state index in [1.807, 2.05) is 6.92 Å². The van der Waals surface area contributed by atoms with E-state index < -0.39 is 10.1 Å². The first-order valence-corrected chi connectivity index (χ1v) is 8.28. The van der Waals surface area contributed by atoms with Crippen LogP contribution in [0.3, 0.4) is 0 Å². The molecule has 2 rings (SSSR count). The third-order valence-corrected chi connectivity index (χ3v) is 5.62. The van der Waals surface area contributed by atoms with E-state index in [9.17, 15) is 8.42 Å². The van der Waals surface area contributed by atoms with Crippen LogP contribution in [0.15, 0.2) is 38.3 Å². The number of hydrogen-bond acceptors (Lipinski definition) is 5. The normalized spacial score (nSPS) is 11.3. The molecular formula is C12H11BrO4S2. The van der Waals surface area contributed by atoms with E-state index in [0.717, 1.165) is 20.7 Å². The van der Waals surface area contributed by atoms with Crippen molar-refractivity contribution in [1.82, 2.24) is 0 Å². The van der Waals surface area contributed by atoms with Crippen LogP contribution in [-0.4, -0.2) is 15.5 Å². The molecule has 102 valence electrons. The maximum Gasteiger partial charge on any atom is 0.348 e. The van der Waals surface area contributed by atoms with Crippen LogP contribution in [-0.2, 0) is 10.1 Å². The van der Waals surface area contributed by atoms with Gasteiger partial charge in [0.2, 0.25) is 0 Å². The number of aryl methyl sites for hydroxylation is 1. The van der Waals surface area contributed by atoms with Crippen molar-refractivity contribution < 1.29 is 17.3 Å². The first-order chi connectivity index (χ1) is 8.92. The van der Waals surface area contributed by atoms with Crippen LogP contribution in [0.1, 0.15) is 5.56 Å². The Morgan fingerprint density at radius 1 is 1.16 bits per heavy atom. The molecule has 1 heterocycles. The van der Waals surface area contributed by atoms with Gasteiger partial charge in [-0.15, -0.1) is 11.3 Å². The lowest BCUT2D eigenvalue weighted by Gasteiger charge is -2.10. The van der Waals surface area contributed by atoms with Gasteiger partial charge in [-0.2, -0.15) is 8.42 Å². The fourth-order valence-corrected chi connectivity index (χ4v) is 4.35. The number of hydrogen-bond donors (Lipinski definition) is 0. The molecule has 0 saturated heterocycles. The minimum Gasteiger partial charge on any atom is -0.493 e. The number of halogens is 1. The Hall–Kier alpha value is -1.05. The van der Waals surface area contributed by atoms with E-state index in [2.05, 4.69) is 15.9 Å². The second-order valence-corrected chi connectivity index (χ2v) is 7.99. The molecular weight excluding hydrogens is 352 g/mol. The Morgan fingerprint density at radius 2 is 1.89 bits per heavy atom. The Balaban J connectivity index is 2.35. The molecule has 0 saturated carbocycles. The summed E-state index contributed by atoms with van der Waals surface area (Å²) in [5, 5.41) is 0. The molecule has 0 N–H and O–H groups in total. The number of ether oxygens (including phenoxy) is 1. The van der Waals surface area contributed by atoms with Crippen LogP contribution in [0.2, 0.25) is 0 Å². The molecule has 2 aromatic rings. The number of benzene rings is 1. The third kappa shape index (κ3) is 3.29. The topological polar surface area (TPSA) is 52.6 Å². The summed E-state index contributed by atoms with van der Waals surface area (Å²) in [7, 11) is -2.36. The van der Waals surface area contributed by atoms with Crippen molar-refractivity contribution in [2.24, 2.45) is 0 Å². The molecule has 4 nitrogen and oxygen atoms in total. The molecule has 0 aliphatic heterocycles. The van der Waals surface area contributed by atoms with Crippen LogP contribution in [0.25, 0.3) is 0 Å². The number of rotatable bonds is 4. The highest BCUT2D eigenvalue weighted by molar-refractivity contribution is 9.11. The lowest BCUT2D eigenvalue weighted by molar-refractivity contribution is 0.390. The highest BCUT2D eigenvalue weighted by atomic mass is 79.9. The van der Waals surface area contributed by atoms with Crippen molar-refractivity contribution in [3.8, 4) is 11.5 Å². The van der Waals surface area contributed by atoms with E-state index in [0.29, 0.717) is 5.75 Å². The molecule has 0 bridgehead atoms. The first-order valence-electron chi connectivity index (χ1n) is 5.27. The smallest absolute Gasteiger partial charge is 0.348 e. The summed E-state index contributed by atoms with van der Waals surface area (Å²) >= 11 is 4.31. The zero-order valence-electron chi connectivity index (χ0n) is 10.2. The fraction of sp³-hybridized carbons (Fsp3) is 0.167. The summed E-state index contributed by atoms with van der Waals surface area (Å²) in [6.07, 6.45) is 0. The maximum atomic E-state index is 12.1. The van der Waals surface area contributed by atoms with Gasteiger partial charge in [-0.05, 0) is 52.7 Å². The van der Waals surface area contributed by atoms with Crippen molar-refractivity contribution >= 4 is 37.4 Å². The van der Waals surface area contributed by atoms with Crippen LogP contribution >= 0.6 is 27.3 Å². The average molecular weight is 363 g/mol. The van der Waals surface area contributed by atoms with Crippen molar-refractivity contribution in [2.45, 2.75) is 11.1 Å². The molecule has 0 aliphatic carbocycles. The van der Waals surface area contributed by atoms with E-state index >= 15 is 0 Å². The summed E-state index contributed by atoms with van der Waals surface area (Å²) in [4.78, 5) is 0. The molecule has 0 amide bonds. The minimum absolute atomic E-state index is 0.141. The fourth-order valence-electron chi connectivity index (χ4n) is 1.43. The standard InChI is InChI=1S/C12H11BrO4S2/c1-8-3-4-9(10(7-8)16-2)17-19(14,15)12-6-5-11(13)18-12/h3-7H,1-2H3. The van der Waals surface area contributed by atoms with E-state index in [1.165, 1.54) is 13.2 Å². The summed E-state index contributed by atoms with van der Waals surface area (Å²) < 4.78 is 35.3. The van der Waals surface area contributed by atoms with Crippen LogP contribution in [0.4, 0.5) is 0 Å². The second kappa shape index (κ2) is 5.52. The Labute approximate surface area is 124 Å². The van der Waals surface area contributed by atoms with Gasteiger partial charge in [0.1, 0.15) is 0 Å². The molecule has 0 atom stereocenters. The molecule has 0 radical (unpaired) electrons. The van der Waals surface area contributed by atoms with Crippen molar-refractivity contribution in [2.75, 3.05) is 7.11 Å². The van der Waals surface area contributed by atoms with Gasteiger partial charge in [-0.3, -0.25) is 0 Å². The Bertz CT molecular complexity index is 692.